The van der Waals surface area contributed by atoms with Gasteiger partial charge in [0, 0.05) is 17.3 Å². The fourth-order valence-electron chi connectivity index (χ4n) is 4.33. The molecule has 6 nitrogen and oxygen atoms in total. The van der Waals surface area contributed by atoms with E-state index in [1.807, 2.05) is 63.2 Å². The Morgan fingerprint density at radius 3 is 2.54 bits per heavy atom. The molecule has 1 atom stereocenters. The molecule has 0 aliphatic heterocycles. The number of nitrogens with one attached hydrogen (secondary N) is 1. The first-order chi connectivity index (χ1) is 16.9. The van der Waals surface area contributed by atoms with Gasteiger partial charge in [0.15, 0.2) is 0 Å². The highest BCUT2D eigenvalue weighted by atomic mass is 35.5. The van der Waals surface area contributed by atoms with Crippen molar-refractivity contribution in [2.45, 2.75) is 39.7 Å². The quantitative estimate of drug-likeness (QED) is 0.313. The highest BCUT2D eigenvalue weighted by Gasteiger charge is 2.29. The van der Waals surface area contributed by atoms with Crippen molar-refractivity contribution in [2.75, 3.05) is 11.9 Å². The van der Waals surface area contributed by atoms with Crippen LogP contribution >= 0.6 is 11.6 Å². The summed E-state index contributed by atoms with van der Waals surface area (Å²) >= 11 is 6.12. The third-order valence-corrected chi connectivity index (χ3v) is 6.16. The predicted molar refractivity (Wildman–Crippen MR) is 143 cm³/mol. The van der Waals surface area contributed by atoms with Crippen molar-refractivity contribution in [1.82, 2.24) is 14.5 Å². The van der Waals surface area contributed by atoms with Gasteiger partial charge in [-0.3, -0.25) is 9.36 Å². The SMILES string of the molecule is CCCN(C(=O)Nc1cccc(Cl)c1)C(CC)c1nc2ccccc2c(=O)n1-c1cccc(C)c1. The Morgan fingerprint density at radius 2 is 1.83 bits per heavy atom. The van der Waals surface area contributed by atoms with E-state index in [1.54, 1.807) is 39.8 Å². The Kier molecular flexibility index (Phi) is 7.51. The van der Waals surface area contributed by atoms with Crippen LogP contribution in [0.15, 0.2) is 77.6 Å². The lowest BCUT2D eigenvalue weighted by Gasteiger charge is -2.32. The van der Waals surface area contributed by atoms with Gasteiger partial charge in [0.2, 0.25) is 0 Å². The summed E-state index contributed by atoms with van der Waals surface area (Å²) < 4.78 is 1.65. The maximum Gasteiger partial charge on any atom is 0.322 e. The fraction of sp³-hybridized carbons (Fsp3) is 0.250. The molecule has 4 aromatic rings. The average molecular weight is 489 g/mol. The summed E-state index contributed by atoms with van der Waals surface area (Å²) in [6, 6.07) is 21.5. The van der Waals surface area contributed by atoms with Gasteiger partial charge < -0.3 is 10.2 Å². The molecule has 0 saturated heterocycles. The number of aryl methyl sites for hydroxylation is 1. The van der Waals surface area contributed by atoms with E-state index in [4.69, 9.17) is 16.6 Å². The number of aromatic nitrogens is 2. The van der Waals surface area contributed by atoms with Crippen molar-refractivity contribution in [2.24, 2.45) is 0 Å². The number of para-hydroxylation sites is 1. The minimum atomic E-state index is -0.424. The number of fused-ring (bicyclic) bond motifs is 1. The fourth-order valence-corrected chi connectivity index (χ4v) is 4.52. The minimum absolute atomic E-state index is 0.152. The van der Waals surface area contributed by atoms with Crippen LogP contribution in [0.3, 0.4) is 0 Å². The van der Waals surface area contributed by atoms with E-state index in [0.717, 1.165) is 17.7 Å². The standard InChI is InChI=1S/C28H29ClN4O2/c1-4-16-32(28(35)30-21-12-9-11-20(29)18-21)25(5-2)26-31-24-15-7-6-14-23(24)27(34)33(26)22-13-8-10-19(3)17-22/h6-15,17-18,25H,4-5,16H2,1-3H3,(H,30,35). The van der Waals surface area contributed by atoms with Gasteiger partial charge in [-0.1, -0.05) is 55.8 Å². The highest BCUT2D eigenvalue weighted by molar-refractivity contribution is 6.30. The van der Waals surface area contributed by atoms with E-state index >= 15 is 0 Å². The maximum atomic E-state index is 13.7. The van der Waals surface area contributed by atoms with Gasteiger partial charge in [-0.15, -0.1) is 0 Å². The molecule has 0 aliphatic carbocycles. The molecular formula is C28H29ClN4O2. The number of carbonyl (C=O) groups is 1. The Morgan fingerprint density at radius 1 is 1.06 bits per heavy atom. The summed E-state index contributed by atoms with van der Waals surface area (Å²) in [5.74, 6) is 0.538. The first-order valence-electron chi connectivity index (χ1n) is 11.8. The van der Waals surface area contributed by atoms with E-state index in [9.17, 15) is 9.59 Å². The molecule has 1 unspecified atom stereocenters. The zero-order chi connectivity index (χ0) is 24.9. The van der Waals surface area contributed by atoms with Gasteiger partial charge in [-0.2, -0.15) is 0 Å². The molecule has 1 heterocycles. The molecule has 0 bridgehead atoms. The number of urea groups is 1. The van der Waals surface area contributed by atoms with Gasteiger partial charge in [0.25, 0.3) is 5.56 Å². The predicted octanol–water partition coefficient (Wildman–Crippen LogP) is 6.74. The number of carbonyl (C=O) groups excluding carboxylic acids is 1. The number of rotatable bonds is 7. The summed E-state index contributed by atoms with van der Waals surface area (Å²) in [6.45, 7) is 6.51. The Labute approximate surface area is 210 Å². The van der Waals surface area contributed by atoms with Gasteiger partial charge in [0.05, 0.1) is 22.6 Å². The molecule has 4 rings (SSSR count). The summed E-state index contributed by atoms with van der Waals surface area (Å²) in [6.07, 6.45) is 1.33. The number of nitrogens with zero attached hydrogens (tertiary/aromatic N) is 3. The van der Waals surface area contributed by atoms with Crippen LogP contribution in [0.25, 0.3) is 16.6 Å². The minimum Gasteiger partial charge on any atom is -0.314 e. The highest BCUT2D eigenvalue weighted by Crippen LogP contribution is 2.27. The summed E-state index contributed by atoms with van der Waals surface area (Å²) in [5, 5.41) is 4.04. The molecule has 0 aliphatic rings. The second kappa shape index (κ2) is 10.7. The number of hydrogen-bond acceptors (Lipinski definition) is 3. The van der Waals surface area contributed by atoms with E-state index in [-0.39, 0.29) is 11.6 Å². The van der Waals surface area contributed by atoms with E-state index < -0.39 is 6.04 Å². The van der Waals surface area contributed by atoms with Gasteiger partial charge in [-0.25, -0.2) is 9.78 Å². The second-order valence-corrected chi connectivity index (χ2v) is 8.96. The lowest BCUT2D eigenvalue weighted by Crippen LogP contribution is -2.41. The van der Waals surface area contributed by atoms with Crippen molar-refractivity contribution in [3.63, 3.8) is 0 Å². The number of hydrogen-bond donors (Lipinski definition) is 1. The Hall–Kier alpha value is -3.64. The first kappa shape index (κ1) is 24.5. The summed E-state index contributed by atoms with van der Waals surface area (Å²) in [7, 11) is 0. The van der Waals surface area contributed by atoms with Gasteiger partial charge in [0.1, 0.15) is 5.82 Å². The van der Waals surface area contributed by atoms with E-state index in [2.05, 4.69) is 5.32 Å². The molecule has 0 spiro atoms. The normalized spacial score (nSPS) is 11.9. The molecule has 3 aromatic carbocycles. The number of halogens is 1. The van der Waals surface area contributed by atoms with Crippen molar-refractivity contribution >= 4 is 34.2 Å². The number of benzene rings is 3. The lowest BCUT2D eigenvalue weighted by molar-refractivity contribution is 0.181. The number of anilines is 1. The van der Waals surface area contributed by atoms with Crippen molar-refractivity contribution in [1.29, 1.82) is 0 Å². The maximum absolute atomic E-state index is 13.7. The number of amides is 2. The molecule has 0 fully saturated rings. The van der Waals surface area contributed by atoms with Gasteiger partial charge in [-0.05, 0) is 67.8 Å². The molecule has 180 valence electrons. The molecule has 2 amide bonds. The lowest BCUT2D eigenvalue weighted by atomic mass is 10.1. The molecule has 1 aromatic heterocycles. The molecule has 1 N–H and O–H groups in total. The Bertz CT molecular complexity index is 1420. The average Bonchev–Trinajstić information content (AvgIpc) is 2.84. The first-order valence-corrected chi connectivity index (χ1v) is 12.2. The smallest absolute Gasteiger partial charge is 0.314 e. The van der Waals surface area contributed by atoms with Crippen molar-refractivity contribution in [3.8, 4) is 5.69 Å². The molecule has 0 radical (unpaired) electrons. The Balaban J connectivity index is 1.87. The van der Waals surface area contributed by atoms with Crippen LogP contribution in [0.2, 0.25) is 5.02 Å². The van der Waals surface area contributed by atoms with E-state index in [0.29, 0.717) is 40.4 Å². The van der Waals surface area contributed by atoms with Crippen molar-refractivity contribution < 1.29 is 4.79 Å². The topological polar surface area (TPSA) is 67.2 Å². The van der Waals surface area contributed by atoms with E-state index in [1.165, 1.54) is 0 Å². The van der Waals surface area contributed by atoms with Gasteiger partial charge >= 0.3 is 6.03 Å². The van der Waals surface area contributed by atoms with Crippen LogP contribution in [0.1, 0.15) is 44.1 Å². The van der Waals surface area contributed by atoms with Crippen LogP contribution in [-0.2, 0) is 0 Å². The van der Waals surface area contributed by atoms with Crippen molar-refractivity contribution in [3.05, 3.63) is 99.6 Å². The zero-order valence-electron chi connectivity index (χ0n) is 20.2. The van der Waals surface area contributed by atoms with Crippen LogP contribution in [0.5, 0.6) is 0 Å². The molecule has 7 heteroatoms. The second-order valence-electron chi connectivity index (χ2n) is 8.52. The third-order valence-electron chi connectivity index (χ3n) is 5.92. The van der Waals surface area contributed by atoms with Crippen LogP contribution < -0.4 is 10.9 Å². The van der Waals surface area contributed by atoms with Crippen LogP contribution in [0.4, 0.5) is 10.5 Å². The third kappa shape index (κ3) is 5.23. The summed E-state index contributed by atoms with van der Waals surface area (Å²) in [4.78, 5) is 33.9. The molecular weight excluding hydrogens is 460 g/mol. The molecule has 0 saturated carbocycles. The van der Waals surface area contributed by atoms with Crippen LogP contribution in [0, 0.1) is 6.92 Å². The monoisotopic (exact) mass is 488 g/mol. The zero-order valence-corrected chi connectivity index (χ0v) is 20.9. The van der Waals surface area contributed by atoms with Crippen LogP contribution in [-0.4, -0.2) is 27.0 Å². The summed E-state index contributed by atoms with van der Waals surface area (Å²) in [5.41, 5.74) is 2.84. The largest absolute Gasteiger partial charge is 0.322 e. The molecule has 35 heavy (non-hydrogen) atoms.